The van der Waals surface area contributed by atoms with Crippen molar-refractivity contribution in [3.05, 3.63) is 75.2 Å². The van der Waals surface area contributed by atoms with E-state index < -0.39 is 40.9 Å². The van der Waals surface area contributed by atoms with Crippen LogP contribution in [0.4, 0.5) is 22.4 Å². The van der Waals surface area contributed by atoms with Crippen molar-refractivity contribution in [2.75, 3.05) is 20.2 Å². The summed E-state index contributed by atoms with van der Waals surface area (Å²) in [7, 11) is 1.57. The van der Waals surface area contributed by atoms with Crippen LogP contribution in [0.3, 0.4) is 0 Å². The number of fused-ring (bicyclic) bond motifs is 1. The van der Waals surface area contributed by atoms with E-state index in [2.05, 4.69) is 10.4 Å². The number of alkyl halides is 3. The zero-order chi connectivity index (χ0) is 34.8. The molecule has 1 aliphatic heterocycles. The first-order valence-electron chi connectivity index (χ1n) is 15.7. The molecule has 2 heterocycles. The highest BCUT2D eigenvalue weighted by Crippen LogP contribution is 2.60. The van der Waals surface area contributed by atoms with Crippen LogP contribution in [0.1, 0.15) is 77.6 Å². The lowest BCUT2D eigenvalue weighted by molar-refractivity contribution is -0.160. The van der Waals surface area contributed by atoms with Gasteiger partial charge in [0, 0.05) is 30.7 Å². The second-order valence-corrected chi connectivity index (χ2v) is 14.0. The molecule has 2 aliphatic carbocycles. The fraction of sp³-hybridized carbons (Fsp3) is 0.471. The Morgan fingerprint density at radius 2 is 1.79 bits per heavy atom. The monoisotopic (exact) mass is 690 g/mol. The van der Waals surface area contributed by atoms with Gasteiger partial charge in [0.1, 0.15) is 11.4 Å². The molecule has 0 bridgehead atoms. The molecule has 48 heavy (non-hydrogen) atoms. The summed E-state index contributed by atoms with van der Waals surface area (Å²) in [6, 6.07) is 6.99. The van der Waals surface area contributed by atoms with Crippen molar-refractivity contribution in [2.24, 2.45) is 0 Å². The second kappa shape index (κ2) is 12.2. The number of esters is 1. The van der Waals surface area contributed by atoms with E-state index in [-0.39, 0.29) is 70.8 Å². The first-order chi connectivity index (χ1) is 22.5. The number of rotatable bonds is 6. The predicted octanol–water partition coefficient (Wildman–Crippen LogP) is 6.48. The Hall–Kier alpha value is -3.97. The SMILES string of the molecule is COC1CN(C(=O)NC2CCc3c(-c4ccc(C(=O)OC(C)(C)C)cc4F)nn(C(=O)c4c(Cl)cccc4C4(C(F)(F)F)CC4)c3C2)C1. The maximum absolute atomic E-state index is 15.7. The fourth-order valence-electron chi connectivity index (χ4n) is 6.39. The van der Waals surface area contributed by atoms with Gasteiger partial charge in [0.15, 0.2) is 0 Å². The van der Waals surface area contributed by atoms with Crippen molar-refractivity contribution in [1.29, 1.82) is 0 Å². The van der Waals surface area contributed by atoms with Crippen LogP contribution >= 0.6 is 11.6 Å². The molecule has 3 aromatic rings. The van der Waals surface area contributed by atoms with E-state index in [4.69, 9.17) is 21.1 Å². The molecule has 6 rings (SSSR count). The lowest BCUT2D eigenvalue weighted by Gasteiger charge is -2.39. The number of aromatic nitrogens is 2. The molecule has 3 aliphatic rings. The number of nitrogens with one attached hydrogen (secondary N) is 1. The Balaban J connectivity index is 1.40. The molecule has 256 valence electrons. The number of amides is 2. The van der Waals surface area contributed by atoms with Gasteiger partial charge in [-0.2, -0.15) is 23.0 Å². The van der Waals surface area contributed by atoms with Crippen molar-refractivity contribution in [1.82, 2.24) is 20.0 Å². The molecular weight excluding hydrogens is 656 g/mol. The molecule has 1 saturated carbocycles. The number of halogens is 5. The molecule has 0 radical (unpaired) electrons. The molecule has 1 atom stereocenters. The normalized spacial score (nSPS) is 18.9. The molecule has 1 unspecified atom stereocenters. The smallest absolute Gasteiger partial charge is 0.398 e. The second-order valence-electron chi connectivity index (χ2n) is 13.6. The quantitative estimate of drug-likeness (QED) is 0.235. The standard InChI is InChI=1S/C34H35ClF4N4O5/c1-32(2,3)48-30(45)18-8-10-21(25(36)14-18)28-22-11-9-19(40-31(46)42-16-20(17-42)47-4)15-26(22)43(41-28)29(44)27-23(6-5-7-24(27)35)33(12-13-33)34(37,38)39/h5-8,10,14,19-20H,9,11-13,15-17H2,1-4H3,(H,40,46). The van der Waals surface area contributed by atoms with Crippen LogP contribution in [0, 0.1) is 5.82 Å². The van der Waals surface area contributed by atoms with Crippen LogP contribution < -0.4 is 5.32 Å². The average molecular weight is 691 g/mol. The van der Waals surface area contributed by atoms with E-state index in [1.54, 1.807) is 32.8 Å². The van der Waals surface area contributed by atoms with Crippen LogP contribution in [0.25, 0.3) is 11.3 Å². The van der Waals surface area contributed by atoms with E-state index >= 15 is 4.39 Å². The minimum absolute atomic E-state index is 0.00730. The minimum Gasteiger partial charge on any atom is -0.456 e. The number of nitrogens with zero attached hydrogens (tertiary/aromatic N) is 3. The van der Waals surface area contributed by atoms with Crippen molar-refractivity contribution in [3.63, 3.8) is 0 Å². The molecule has 2 fully saturated rings. The molecular formula is C34H35ClF4N4O5. The largest absolute Gasteiger partial charge is 0.456 e. The summed E-state index contributed by atoms with van der Waals surface area (Å²) < 4.78 is 70.2. The number of likely N-dealkylation sites (tertiary alicyclic amines) is 1. The zero-order valence-corrected chi connectivity index (χ0v) is 27.6. The number of hydrogen-bond donors (Lipinski definition) is 1. The lowest BCUT2D eigenvalue weighted by Crippen LogP contribution is -2.59. The summed E-state index contributed by atoms with van der Waals surface area (Å²) in [5.41, 5.74) is -2.69. The maximum Gasteiger partial charge on any atom is 0.398 e. The van der Waals surface area contributed by atoms with Gasteiger partial charge in [0.25, 0.3) is 5.91 Å². The number of carbonyl (C=O) groups excluding carboxylic acids is 3. The van der Waals surface area contributed by atoms with Crippen LogP contribution in [-0.4, -0.2) is 76.7 Å². The maximum atomic E-state index is 15.7. The molecule has 14 heteroatoms. The Morgan fingerprint density at radius 1 is 1.08 bits per heavy atom. The Kier molecular flexibility index (Phi) is 8.60. The summed E-state index contributed by atoms with van der Waals surface area (Å²) in [4.78, 5) is 41.4. The van der Waals surface area contributed by atoms with Gasteiger partial charge in [0.2, 0.25) is 0 Å². The van der Waals surface area contributed by atoms with E-state index in [1.807, 2.05) is 0 Å². The van der Waals surface area contributed by atoms with Gasteiger partial charge in [-0.3, -0.25) is 4.79 Å². The third kappa shape index (κ3) is 6.18. The molecule has 1 saturated heterocycles. The van der Waals surface area contributed by atoms with Gasteiger partial charge in [-0.25, -0.2) is 14.0 Å². The molecule has 2 aromatic carbocycles. The number of benzene rings is 2. The Labute approximate surface area is 279 Å². The van der Waals surface area contributed by atoms with Gasteiger partial charge >= 0.3 is 18.2 Å². The van der Waals surface area contributed by atoms with E-state index in [0.29, 0.717) is 30.8 Å². The third-order valence-corrected chi connectivity index (χ3v) is 9.47. The molecule has 0 spiro atoms. The third-order valence-electron chi connectivity index (χ3n) is 9.16. The predicted molar refractivity (Wildman–Crippen MR) is 168 cm³/mol. The Bertz CT molecular complexity index is 1790. The number of urea groups is 1. The van der Waals surface area contributed by atoms with Gasteiger partial charge in [-0.05, 0) is 76.3 Å². The molecule has 1 aromatic heterocycles. The summed E-state index contributed by atoms with van der Waals surface area (Å²) in [5, 5.41) is 7.31. The van der Waals surface area contributed by atoms with E-state index in [1.165, 1.54) is 30.3 Å². The van der Waals surface area contributed by atoms with Crippen LogP contribution in [0.5, 0.6) is 0 Å². The fourth-order valence-corrected chi connectivity index (χ4v) is 6.64. The first kappa shape index (κ1) is 33.9. The summed E-state index contributed by atoms with van der Waals surface area (Å²) in [6.45, 7) is 5.91. The minimum atomic E-state index is -4.62. The van der Waals surface area contributed by atoms with Crippen LogP contribution in [0.15, 0.2) is 36.4 Å². The van der Waals surface area contributed by atoms with E-state index in [9.17, 15) is 27.6 Å². The zero-order valence-electron chi connectivity index (χ0n) is 26.8. The van der Waals surface area contributed by atoms with Crippen molar-refractivity contribution in [3.8, 4) is 11.3 Å². The summed E-state index contributed by atoms with van der Waals surface area (Å²) >= 11 is 6.46. The van der Waals surface area contributed by atoms with Gasteiger partial charge in [-0.1, -0.05) is 23.7 Å². The van der Waals surface area contributed by atoms with Crippen molar-refractivity contribution < 1.29 is 41.4 Å². The highest BCUT2D eigenvalue weighted by atomic mass is 35.5. The highest BCUT2D eigenvalue weighted by Gasteiger charge is 2.65. The number of carbonyl (C=O) groups is 3. The number of hydrogen-bond acceptors (Lipinski definition) is 6. The van der Waals surface area contributed by atoms with Crippen LogP contribution in [-0.2, 0) is 27.7 Å². The van der Waals surface area contributed by atoms with Gasteiger partial charge in [-0.15, -0.1) is 0 Å². The summed E-state index contributed by atoms with van der Waals surface area (Å²) in [6.07, 6.45) is -4.24. The first-order valence-corrected chi connectivity index (χ1v) is 16.0. The average Bonchev–Trinajstić information content (AvgIpc) is 3.72. The highest BCUT2D eigenvalue weighted by molar-refractivity contribution is 6.34. The van der Waals surface area contributed by atoms with Crippen LogP contribution in [0.2, 0.25) is 5.02 Å². The summed E-state index contributed by atoms with van der Waals surface area (Å²) in [5.74, 6) is -2.41. The topological polar surface area (TPSA) is 103 Å². The number of methoxy groups -OCH3 is 1. The van der Waals surface area contributed by atoms with Gasteiger partial charge < -0.3 is 19.7 Å². The molecule has 2 amide bonds. The van der Waals surface area contributed by atoms with Crippen molar-refractivity contribution in [2.45, 2.75) is 82.2 Å². The van der Waals surface area contributed by atoms with E-state index in [0.717, 1.165) is 10.7 Å². The number of ether oxygens (including phenoxy) is 2. The molecule has 9 nitrogen and oxygen atoms in total. The lowest BCUT2D eigenvalue weighted by atomic mass is 9.88. The van der Waals surface area contributed by atoms with Gasteiger partial charge in [0.05, 0.1) is 52.1 Å². The van der Waals surface area contributed by atoms with Crippen molar-refractivity contribution >= 4 is 29.5 Å². The molecule has 1 N–H and O–H groups in total. The Morgan fingerprint density at radius 3 is 2.40 bits per heavy atom.